The number of aromatic nitrogens is 1. The smallest absolute Gasteiger partial charge is 0.471 e. The van der Waals surface area contributed by atoms with Crippen LogP contribution in [0.25, 0.3) is 22.6 Å². The van der Waals surface area contributed by atoms with E-state index in [2.05, 4.69) is 4.98 Å². The van der Waals surface area contributed by atoms with E-state index in [1.807, 2.05) is 0 Å². The number of amides is 2. The van der Waals surface area contributed by atoms with Crippen LogP contribution < -0.4 is 10.6 Å². The van der Waals surface area contributed by atoms with Gasteiger partial charge in [-0.3, -0.25) is 9.59 Å². The summed E-state index contributed by atoms with van der Waals surface area (Å²) in [5.41, 5.74) is -0.467. The molecule has 13 heteroatoms. The van der Waals surface area contributed by atoms with Gasteiger partial charge in [-0.2, -0.15) is 26.3 Å². The Labute approximate surface area is 162 Å². The number of alkyl halides is 6. The second kappa shape index (κ2) is 7.24. The van der Waals surface area contributed by atoms with E-state index < -0.39 is 29.9 Å². The zero-order valence-electron chi connectivity index (χ0n) is 14.4. The number of carbonyl (C=O) groups excluding carboxylic acids is 2. The largest absolute Gasteiger partial charge is 0.507 e. The average Bonchev–Trinajstić information content (AvgIpc) is 3.03. The van der Waals surface area contributed by atoms with Crippen LogP contribution in [0.2, 0.25) is 0 Å². The number of nitrogens with one attached hydrogen (secondary N) is 2. The molecular weight excluding hydrogens is 424 g/mol. The molecule has 3 N–H and O–H groups in total. The van der Waals surface area contributed by atoms with Crippen molar-refractivity contribution in [2.45, 2.75) is 12.4 Å². The highest BCUT2D eigenvalue weighted by Crippen LogP contribution is 2.34. The van der Waals surface area contributed by atoms with E-state index in [0.717, 1.165) is 30.3 Å². The molecule has 0 aliphatic heterocycles. The molecule has 3 aromatic rings. The number of hydrogen-bond acceptors (Lipinski definition) is 5. The predicted molar refractivity (Wildman–Crippen MR) is 90.5 cm³/mol. The minimum atomic E-state index is -5.12. The average molecular weight is 433 g/mol. The van der Waals surface area contributed by atoms with Gasteiger partial charge in [-0.05, 0) is 30.3 Å². The molecule has 0 bridgehead atoms. The maximum absolute atomic E-state index is 12.3. The number of benzene rings is 2. The van der Waals surface area contributed by atoms with E-state index in [1.54, 1.807) is 10.6 Å². The lowest BCUT2D eigenvalue weighted by Gasteiger charge is -2.09. The third-order valence-corrected chi connectivity index (χ3v) is 3.65. The van der Waals surface area contributed by atoms with Crippen LogP contribution in [0, 0.1) is 0 Å². The van der Waals surface area contributed by atoms with Crippen LogP contribution in [-0.4, -0.2) is 34.3 Å². The third kappa shape index (κ3) is 4.45. The molecule has 1 heterocycles. The first kappa shape index (κ1) is 21.0. The second-order valence-corrected chi connectivity index (χ2v) is 5.84. The number of oxazole rings is 1. The summed E-state index contributed by atoms with van der Waals surface area (Å²) in [5.74, 6) is -5.19. The predicted octanol–water partition coefficient (Wildman–Crippen LogP) is 4.20. The Kier molecular flexibility index (Phi) is 5.06. The van der Waals surface area contributed by atoms with Crippen LogP contribution in [0.5, 0.6) is 5.75 Å². The molecule has 0 fully saturated rings. The minimum absolute atomic E-state index is 0.0406. The molecule has 2 aromatic carbocycles. The van der Waals surface area contributed by atoms with Crippen molar-refractivity contribution in [3.8, 4) is 17.2 Å². The molecule has 0 saturated carbocycles. The standard InChI is InChI=1S/C17H9F6N3O4/c18-16(19,20)14(28)24-7-2-4-12-10(5-7)26-13(30-12)9-3-1-8(6-11(9)27)25-15(29)17(21,22)23/h1-6,27H,(H,24,28)(H,25,29). The maximum atomic E-state index is 12.3. The van der Waals surface area contributed by atoms with Gasteiger partial charge in [-0.15, -0.1) is 0 Å². The van der Waals surface area contributed by atoms with Gasteiger partial charge in [0.1, 0.15) is 11.3 Å². The van der Waals surface area contributed by atoms with E-state index in [4.69, 9.17) is 4.42 Å². The monoisotopic (exact) mass is 433 g/mol. The second-order valence-electron chi connectivity index (χ2n) is 5.84. The molecule has 0 unspecified atom stereocenters. The number of phenolic OH excluding ortho intramolecular Hbond substituents is 1. The summed E-state index contributed by atoms with van der Waals surface area (Å²) in [6.07, 6.45) is -10.2. The maximum Gasteiger partial charge on any atom is 0.471 e. The molecule has 0 atom stereocenters. The lowest BCUT2D eigenvalue weighted by molar-refractivity contribution is -0.167. The first-order valence-corrected chi connectivity index (χ1v) is 7.85. The number of nitrogens with zero attached hydrogens (tertiary/aromatic N) is 1. The first-order valence-electron chi connectivity index (χ1n) is 7.85. The molecule has 158 valence electrons. The molecule has 7 nitrogen and oxygen atoms in total. The number of aromatic hydroxyl groups is 1. The van der Waals surface area contributed by atoms with E-state index >= 15 is 0 Å². The van der Waals surface area contributed by atoms with Crippen LogP contribution in [0.1, 0.15) is 0 Å². The van der Waals surface area contributed by atoms with Crippen molar-refractivity contribution < 1.29 is 45.5 Å². The van der Waals surface area contributed by atoms with Crippen LogP contribution >= 0.6 is 0 Å². The highest BCUT2D eigenvalue weighted by Gasteiger charge is 2.39. The Bertz CT molecular complexity index is 1140. The Morgan fingerprint density at radius 3 is 1.93 bits per heavy atom. The summed E-state index contributed by atoms with van der Waals surface area (Å²) in [4.78, 5) is 25.9. The SMILES string of the molecule is O=C(Nc1ccc(-c2nc3cc(NC(=O)C(F)(F)F)ccc3o2)c(O)c1)C(F)(F)F. The molecule has 30 heavy (non-hydrogen) atoms. The van der Waals surface area contributed by atoms with Crippen molar-refractivity contribution >= 4 is 34.3 Å². The summed E-state index contributed by atoms with van der Waals surface area (Å²) in [7, 11) is 0. The number of carbonyl (C=O) groups is 2. The van der Waals surface area contributed by atoms with Gasteiger partial charge in [0.2, 0.25) is 5.89 Å². The van der Waals surface area contributed by atoms with Crippen molar-refractivity contribution in [3.05, 3.63) is 36.4 Å². The Morgan fingerprint density at radius 2 is 1.40 bits per heavy atom. The fourth-order valence-electron chi connectivity index (χ4n) is 2.31. The van der Waals surface area contributed by atoms with Gasteiger partial charge in [0.05, 0.1) is 5.56 Å². The molecule has 0 radical (unpaired) electrons. The van der Waals surface area contributed by atoms with Crippen LogP contribution in [0.15, 0.2) is 40.8 Å². The summed E-state index contributed by atoms with van der Waals surface area (Å²) < 4.78 is 79.2. The first-order chi connectivity index (χ1) is 13.8. The molecular formula is C17H9F6N3O4. The molecule has 1 aromatic heterocycles. The minimum Gasteiger partial charge on any atom is -0.507 e. The van der Waals surface area contributed by atoms with Crippen LogP contribution in [0.3, 0.4) is 0 Å². The fourth-order valence-corrected chi connectivity index (χ4v) is 2.31. The molecule has 0 spiro atoms. The lowest BCUT2D eigenvalue weighted by Crippen LogP contribution is -2.29. The van der Waals surface area contributed by atoms with E-state index in [1.165, 1.54) is 6.07 Å². The zero-order chi connectivity index (χ0) is 22.3. The Hall–Kier alpha value is -3.77. The van der Waals surface area contributed by atoms with E-state index in [-0.39, 0.29) is 33.9 Å². The Balaban J connectivity index is 1.86. The lowest BCUT2D eigenvalue weighted by atomic mass is 10.2. The van der Waals surface area contributed by atoms with Gasteiger partial charge >= 0.3 is 24.2 Å². The molecule has 0 aliphatic rings. The number of anilines is 2. The molecule has 0 aliphatic carbocycles. The highest BCUT2D eigenvalue weighted by molar-refractivity contribution is 5.97. The van der Waals surface area contributed by atoms with Crippen molar-refractivity contribution in [3.63, 3.8) is 0 Å². The fraction of sp³-hybridized carbons (Fsp3) is 0.118. The van der Waals surface area contributed by atoms with Crippen molar-refractivity contribution in [2.75, 3.05) is 10.6 Å². The van der Waals surface area contributed by atoms with Gasteiger partial charge in [-0.1, -0.05) is 0 Å². The zero-order valence-corrected chi connectivity index (χ0v) is 14.4. The normalized spacial score (nSPS) is 12.1. The summed E-state index contributed by atoms with van der Waals surface area (Å²) in [6, 6.07) is 6.48. The number of halogens is 6. The van der Waals surface area contributed by atoms with Gasteiger partial charge in [-0.25, -0.2) is 4.98 Å². The van der Waals surface area contributed by atoms with Gasteiger partial charge in [0, 0.05) is 17.4 Å². The number of rotatable bonds is 3. The summed E-state index contributed by atoms with van der Waals surface area (Å²) in [6.45, 7) is 0. The van der Waals surface area contributed by atoms with Crippen LogP contribution in [0.4, 0.5) is 37.7 Å². The molecule has 0 saturated heterocycles. The quantitative estimate of drug-likeness (QED) is 0.537. The number of phenols is 1. The van der Waals surface area contributed by atoms with E-state index in [0.29, 0.717) is 0 Å². The van der Waals surface area contributed by atoms with Crippen LogP contribution in [-0.2, 0) is 9.59 Å². The summed E-state index contributed by atoms with van der Waals surface area (Å²) >= 11 is 0. The third-order valence-electron chi connectivity index (χ3n) is 3.65. The molecule has 3 rings (SSSR count). The number of fused-ring (bicyclic) bond motifs is 1. The number of hydrogen-bond donors (Lipinski definition) is 3. The molecule has 2 amide bonds. The Morgan fingerprint density at radius 1 is 0.867 bits per heavy atom. The van der Waals surface area contributed by atoms with E-state index in [9.17, 15) is 41.0 Å². The summed E-state index contributed by atoms with van der Waals surface area (Å²) in [5, 5.41) is 13.2. The highest BCUT2D eigenvalue weighted by atomic mass is 19.4. The van der Waals surface area contributed by atoms with Crippen molar-refractivity contribution in [1.82, 2.24) is 4.98 Å². The van der Waals surface area contributed by atoms with Gasteiger partial charge < -0.3 is 20.2 Å². The van der Waals surface area contributed by atoms with Gasteiger partial charge in [0.25, 0.3) is 0 Å². The topological polar surface area (TPSA) is 104 Å². The van der Waals surface area contributed by atoms with Crippen molar-refractivity contribution in [2.24, 2.45) is 0 Å². The van der Waals surface area contributed by atoms with Crippen molar-refractivity contribution in [1.29, 1.82) is 0 Å². The van der Waals surface area contributed by atoms with Gasteiger partial charge in [0.15, 0.2) is 5.58 Å².